The molecule has 0 saturated carbocycles. The van der Waals surface area contributed by atoms with Crippen molar-refractivity contribution in [1.29, 1.82) is 0 Å². The number of likely N-dealkylation sites (N-methyl/N-ethyl adjacent to an activating group) is 1. The summed E-state index contributed by atoms with van der Waals surface area (Å²) in [5, 5.41) is 0. The van der Waals surface area contributed by atoms with Crippen LogP contribution >= 0.6 is 0 Å². The maximum absolute atomic E-state index is 14.4. The van der Waals surface area contributed by atoms with Gasteiger partial charge in [0.2, 0.25) is 0 Å². The van der Waals surface area contributed by atoms with Gasteiger partial charge < -0.3 is 24.3 Å². The van der Waals surface area contributed by atoms with Crippen molar-refractivity contribution in [2.75, 3.05) is 31.7 Å². The van der Waals surface area contributed by atoms with E-state index in [2.05, 4.69) is 24.8 Å². The van der Waals surface area contributed by atoms with E-state index >= 15 is 0 Å². The summed E-state index contributed by atoms with van der Waals surface area (Å²) in [6, 6.07) is 5.39. The number of hydrogen-bond acceptors (Lipinski definition) is 8. The third kappa shape index (κ3) is 4.98. The zero-order valence-electron chi connectivity index (χ0n) is 21.6. The van der Waals surface area contributed by atoms with Gasteiger partial charge in [-0.2, -0.15) is 0 Å². The van der Waals surface area contributed by atoms with Crippen LogP contribution in [0.4, 0.5) is 14.6 Å². The minimum atomic E-state index is -1.13. The first-order chi connectivity index (χ1) is 19.0. The second kappa shape index (κ2) is 10.7. The molecule has 0 radical (unpaired) electrons. The summed E-state index contributed by atoms with van der Waals surface area (Å²) in [6.45, 7) is 1.29. The summed E-state index contributed by atoms with van der Waals surface area (Å²) >= 11 is 0. The molecule has 0 bridgehead atoms. The summed E-state index contributed by atoms with van der Waals surface area (Å²) in [6.07, 6.45) is 7.26. The summed E-state index contributed by atoms with van der Waals surface area (Å²) in [5.74, 6) is 0.0211. The number of benzene rings is 1. The van der Waals surface area contributed by atoms with E-state index in [1.165, 1.54) is 18.5 Å². The average Bonchev–Trinajstić information content (AvgIpc) is 3.66. The molecule has 2 aromatic heterocycles. The molecule has 6 rings (SSSR count). The van der Waals surface area contributed by atoms with Gasteiger partial charge in [0.05, 0.1) is 25.6 Å². The van der Waals surface area contributed by atoms with Crippen molar-refractivity contribution in [3.63, 3.8) is 0 Å². The van der Waals surface area contributed by atoms with Gasteiger partial charge in [0.1, 0.15) is 29.9 Å². The number of aromatic nitrogens is 4. The number of likely N-dealkylation sites (tertiary alicyclic amines) is 1. The molecule has 0 spiro atoms. The minimum absolute atomic E-state index is 0.0187. The lowest BCUT2D eigenvalue weighted by Crippen LogP contribution is -2.44. The Labute approximate surface area is 224 Å². The molecule has 39 heavy (non-hydrogen) atoms. The van der Waals surface area contributed by atoms with E-state index in [0.29, 0.717) is 24.2 Å². The molecule has 9 nitrogen and oxygen atoms in total. The Bertz CT molecular complexity index is 1410. The summed E-state index contributed by atoms with van der Waals surface area (Å²) in [5.41, 5.74) is 3.72. The number of halogens is 2. The fourth-order valence-electron chi connectivity index (χ4n) is 5.74. The number of alkyl halides is 1. The first-order valence-corrected chi connectivity index (χ1v) is 13.2. The van der Waals surface area contributed by atoms with Crippen molar-refractivity contribution in [2.45, 2.75) is 50.0 Å². The van der Waals surface area contributed by atoms with Gasteiger partial charge in [0.25, 0.3) is 0 Å². The monoisotopic (exact) mass is 536 g/mol. The van der Waals surface area contributed by atoms with Crippen molar-refractivity contribution in [2.24, 2.45) is 0 Å². The van der Waals surface area contributed by atoms with E-state index in [1.54, 1.807) is 24.5 Å². The lowest BCUT2D eigenvalue weighted by Gasteiger charge is -2.29. The Hall–Kier alpha value is -3.86. The Morgan fingerprint density at radius 2 is 2.05 bits per heavy atom. The number of esters is 1. The van der Waals surface area contributed by atoms with Crippen molar-refractivity contribution < 1.29 is 23.0 Å². The van der Waals surface area contributed by atoms with Crippen molar-refractivity contribution >= 4 is 23.0 Å². The molecule has 2 fully saturated rings. The quantitative estimate of drug-likeness (QED) is 0.437. The highest BCUT2D eigenvalue weighted by Gasteiger charge is 2.47. The number of carbonyl (C=O) groups excluding carboxylic acids is 1. The van der Waals surface area contributed by atoms with Crippen LogP contribution in [0, 0.1) is 5.82 Å². The highest BCUT2D eigenvalue weighted by Crippen LogP contribution is 2.39. The number of nitrogens with one attached hydrogen (secondary N) is 1. The van der Waals surface area contributed by atoms with Crippen LogP contribution in [-0.4, -0.2) is 82.0 Å². The first-order valence-electron chi connectivity index (χ1n) is 13.2. The Kier molecular flexibility index (Phi) is 6.99. The van der Waals surface area contributed by atoms with Gasteiger partial charge in [-0.05, 0) is 36.6 Å². The number of allylic oxidation sites excluding steroid dienone is 2. The fraction of sp³-hybridized carbons (Fsp3) is 0.429. The van der Waals surface area contributed by atoms with Gasteiger partial charge in [-0.3, -0.25) is 0 Å². The maximum Gasteiger partial charge on any atom is 0.331 e. The molecular weight excluding hydrogens is 506 g/mol. The molecule has 0 amide bonds. The minimum Gasteiger partial charge on any atom is -0.464 e. The molecule has 3 aromatic rings. The molecule has 4 unspecified atom stereocenters. The summed E-state index contributed by atoms with van der Waals surface area (Å²) in [7, 11) is 1.81. The zero-order chi connectivity index (χ0) is 26.9. The lowest BCUT2D eigenvalue weighted by atomic mass is 9.99. The first kappa shape index (κ1) is 25.4. The smallest absolute Gasteiger partial charge is 0.331 e. The Morgan fingerprint density at radius 3 is 2.90 bits per heavy atom. The van der Waals surface area contributed by atoms with E-state index < -0.39 is 24.3 Å². The number of rotatable bonds is 8. The van der Waals surface area contributed by atoms with E-state index in [4.69, 9.17) is 9.47 Å². The second-order valence-corrected chi connectivity index (χ2v) is 10.1. The number of imidazole rings is 1. The maximum atomic E-state index is 14.4. The Balaban J connectivity index is 1.18. The van der Waals surface area contributed by atoms with Crippen LogP contribution in [0.3, 0.4) is 0 Å². The van der Waals surface area contributed by atoms with E-state index in [9.17, 15) is 13.6 Å². The number of nitrogens with zero attached hydrogens (tertiary/aromatic N) is 5. The zero-order valence-corrected chi connectivity index (χ0v) is 21.6. The summed E-state index contributed by atoms with van der Waals surface area (Å²) in [4.78, 5) is 33.4. The van der Waals surface area contributed by atoms with Crippen LogP contribution in [0.5, 0.6) is 0 Å². The summed E-state index contributed by atoms with van der Waals surface area (Å²) < 4.78 is 39.8. The number of H-pyrrole nitrogens is 1. The number of fused-ring (bicyclic) bond motifs is 2. The lowest BCUT2D eigenvalue weighted by molar-refractivity contribution is -0.151. The number of aromatic amines is 1. The molecular formula is C28H30F2N6O3. The molecule has 204 valence electrons. The van der Waals surface area contributed by atoms with Gasteiger partial charge in [-0.15, -0.1) is 0 Å². The topological polar surface area (TPSA) is 96.5 Å². The molecule has 1 N–H and O–H groups in total. The number of ether oxygens (including phenoxy) is 2. The van der Waals surface area contributed by atoms with E-state index in [0.717, 1.165) is 42.0 Å². The van der Waals surface area contributed by atoms with Gasteiger partial charge in [-0.25, -0.2) is 28.5 Å². The molecule has 1 aliphatic carbocycles. The third-order valence-electron chi connectivity index (χ3n) is 7.69. The van der Waals surface area contributed by atoms with Crippen LogP contribution in [0.25, 0.3) is 11.2 Å². The van der Waals surface area contributed by atoms with Gasteiger partial charge >= 0.3 is 5.97 Å². The molecule has 11 heteroatoms. The molecule has 3 aliphatic rings. The van der Waals surface area contributed by atoms with Crippen molar-refractivity contribution in [3.8, 4) is 0 Å². The largest absolute Gasteiger partial charge is 0.464 e. The molecule has 2 saturated heterocycles. The van der Waals surface area contributed by atoms with Gasteiger partial charge in [0, 0.05) is 37.7 Å². The predicted octanol–water partition coefficient (Wildman–Crippen LogP) is 3.50. The standard InChI is InChI=1S/C28H30F2N6O3/c1-35-22-9-8-19(30)13-21(22)25(24(35)28(37)38-12-10-17-4-6-18(29)7-5-17)39-14-20-3-2-11-36(20)27-23-26(32-15-31-23)33-16-34-27/h4-7,9,13,15-16,19-20,24-25H,2-3,8,10-12,14H2,1H3,(H,31,32,33,34). The number of carbonyl (C=O) groups is 1. The molecule has 4 heterocycles. The van der Waals surface area contributed by atoms with Crippen LogP contribution in [0.2, 0.25) is 0 Å². The Morgan fingerprint density at radius 1 is 1.21 bits per heavy atom. The molecule has 2 aliphatic heterocycles. The van der Waals surface area contributed by atoms with Gasteiger partial charge in [0.15, 0.2) is 17.5 Å². The average molecular weight is 537 g/mol. The van der Waals surface area contributed by atoms with Crippen molar-refractivity contribution in [3.05, 3.63) is 71.7 Å². The fourth-order valence-corrected chi connectivity index (χ4v) is 5.74. The second-order valence-electron chi connectivity index (χ2n) is 10.1. The van der Waals surface area contributed by atoms with Crippen LogP contribution < -0.4 is 4.90 Å². The predicted molar refractivity (Wildman–Crippen MR) is 140 cm³/mol. The molecule has 1 aromatic carbocycles. The van der Waals surface area contributed by atoms with Crippen LogP contribution in [0.1, 0.15) is 24.8 Å². The normalized spacial score (nSPS) is 24.6. The van der Waals surface area contributed by atoms with Crippen LogP contribution in [0.15, 0.2) is 60.3 Å². The number of anilines is 1. The van der Waals surface area contributed by atoms with Gasteiger partial charge in [-0.1, -0.05) is 18.2 Å². The van der Waals surface area contributed by atoms with E-state index in [-0.39, 0.29) is 24.9 Å². The van der Waals surface area contributed by atoms with Crippen LogP contribution in [-0.2, 0) is 20.7 Å². The van der Waals surface area contributed by atoms with E-state index in [1.807, 2.05) is 18.0 Å². The highest BCUT2D eigenvalue weighted by atomic mass is 19.1. The highest BCUT2D eigenvalue weighted by molar-refractivity contribution is 5.83. The SMILES string of the molecule is CN1C2=CCC(F)C=C2C(OCC2CCCN2c2ncnc3nc[nH]c23)C1C(=O)OCCc1ccc(F)cc1. The molecule has 4 atom stereocenters. The third-order valence-corrected chi connectivity index (χ3v) is 7.69. The van der Waals surface area contributed by atoms with Crippen molar-refractivity contribution in [1.82, 2.24) is 24.8 Å². The number of hydrogen-bond donors (Lipinski definition) is 1.